The van der Waals surface area contributed by atoms with Gasteiger partial charge >= 0.3 is 6.18 Å². The van der Waals surface area contributed by atoms with E-state index < -0.39 is 12.7 Å². The molecule has 5 N–H and O–H groups in total. The highest BCUT2D eigenvalue weighted by Crippen LogP contribution is 2.24. The van der Waals surface area contributed by atoms with Crippen LogP contribution in [-0.4, -0.2) is 93.5 Å². The predicted molar refractivity (Wildman–Crippen MR) is 213 cm³/mol. The molecule has 3 aromatic carbocycles. The zero-order valence-corrected chi connectivity index (χ0v) is 32.2. The van der Waals surface area contributed by atoms with Crippen LogP contribution in [0.2, 0.25) is 5.02 Å². The molecule has 0 radical (unpaired) electrons. The number of carbonyl (C=O) groups is 2. The number of amides is 2. The number of hydrogen-bond donors (Lipinski definition) is 4. The third kappa shape index (κ3) is 20.3. The molecule has 3 rings (SSSR count). The number of nitrogens with one attached hydrogen (secondary N) is 2. The van der Waals surface area contributed by atoms with Crippen molar-refractivity contribution < 1.29 is 32.6 Å². The summed E-state index contributed by atoms with van der Waals surface area (Å²) in [5.74, 6) is 0.985. The normalized spacial score (nSPS) is 11.4. The van der Waals surface area contributed by atoms with E-state index in [0.29, 0.717) is 74.3 Å². The minimum atomic E-state index is -4.23. The number of benzene rings is 3. The summed E-state index contributed by atoms with van der Waals surface area (Å²) in [6.07, 6.45) is -0.865. The largest absolute Gasteiger partial charge is 0.492 e. The molecule has 0 atom stereocenters. The number of hydrogen-bond acceptors (Lipinski definition) is 6. The fraction of sp³-hybridized carbons (Fsp3) is 0.410. The average molecular weight is 776 g/mol. The molecule has 0 unspecified atom stereocenters. The lowest BCUT2D eigenvalue weighted by molar-refractivity contribution is -0.132. The van der Waals surface area contributed by atoms with E-state index in [1.54, 1.807) is 30.3 Å². The molecule has 15 heteroatoms. The number of alkyl halides is 3. The van der Waals surface area contributed by atoms with Crippen LogP contribution in [0.3, 0.4) is 0 Å². The van der Waals surface area contributed by atoms with Crippen molar-refractivity contribution in [2.45, 2.75) is 52.6 Å². The molecule has 0 saturated heterocycles. The Kier molecular flexibility index (Phi) is 22.6. The van der Waals surface area contributed by atoms with Crippen molar-refractivity contribution in [1.29, 1.82) is 0 Å². The van der Waals surface area contributed by atoms with Crippen LogP contribution in [0.1, 0.15) is 56.0 Å². The Morgan fingerprint density at radius 1 is 1.00 bits per heavy atom. The van der Waals surface area contributed by atoms with E-state index in [1.165, 1.54) is 5.56 Å². The number of rotatable bonds is 17. The van der Waals surface area contributed by atoms with Crippen molar-refractivity contribution in [2.24, 2.45) is 26.1 Å². The van der Waals surface area contributed by atoms with Gasteiger partial charge in [0.25, 0.3) is 5.91 Å². The number of para-hydroxylation sites is 1. The Balaban J connectivity index is 0.00000129. The first-order valence-electron chi connectivity index (χ1n) is 17.3. The molecule has 11 nitrogen and oxygen atoms in total. The second kappa shape index (κ2) is 25.9. The molecule has 0 aliphatic carbocycles. The van der Waals surface area contributed by atoms with Crippen LogP contribution in [0.5, 0.6) is 5.75 Å². The van der Waals surface area contributed by atoms with Gasteiger partial charge in [0.15, 0.2) is 0 Å². The van der Waals surface area contributed by atoms with E-state index in [0.717, 1.165) is 25.6 Å². The highest BCUT2D eigenvalue weighted by Gasteiger charge is 2.26. The van der Waals surface area contributed by atoms with Gasteiger partial charge in [0.05, 0.1) is 18.0 Å². The van der Waals surface area contributed by atoms with Crippen LogP contribution in [0.25, 0.3) is 0 Å². The number of nitrogens with zero attached hydrogens (tertiary/aromatic N) is 4. The topological polar surface area (TPSA) is 154 Å². The number of aliphatic imine (C=N–C) groups is 3. The Morgan fingerprint density at radius 3 is 2.22 bits per heavy atom. The van der Waals surface area contributed by atoms with Crippen molar-refractivity contribution >= 4 is 48.1 Å². The van der Waals surface area contributed by atoms with E-state index in [-0.39, 0.29) is 17.2 Å². The number of aryl methyl sites for hydroxylation is 1. The maximum absolute atomic E-state index is 13.4. The molecule has 54 heavy (non-hydrogen) atoms. The van der Waals surface area contributed by atoms with Crippen molar-refractivity contribution in [1.82, 2.24) is 10.2 Å². The number of halogens is 4. The van der Waals surface area contributed by atoms with Crippen LogP contribution in [0, 0.1) is 5.41 Å². The summed E-state index contributed by atoms with van der Waals surface area (Å²) in [6.45, 7) is 10.8. The Bertz CT molecular complexity index is 1590. The first-order chi connectivity index (χ1) is 25.8. The van der Waals surface area contributed by atoms with Gasteiger partial charge in [0.2, 0.25) is 11.9 Å². The number of ether oxygens (including phenoxy) is 1. The van der Waals surface area contributed by atoms with Gasteiger partial charge in [-0.1, -0.05) is 67.9 Å². The summed E-state index contributed by atoms with van der Waals surface area (Å²) in [5.41, 5.74) is 6.71. The molecule has 0 bridgehead atoms. The van der Waals surface area contributed by atoms with Gasteiger partial charge in [-0.25, -0.2) is 4.99 Å². The maximum Gasteiger partial charge on any atom is 0.408 e. The zero-order chi connectivity index (χ0) is 40.4. The third-order valence-electron chi connectivity index (χ3n) is 7.30. The van der Waals surface area contributed by atoms with Crippen LogP contribution in [0.15, 0.2) is 93.8 Å². The third-order valence-corrected chi connectivity index (χ3v) is 7.61. The number of guanidine groups is 1. The number of nitrogens with two attached hydrogens (primary N) is 1. The lowest BCUT2D eigenvalue weighted by Gasteiger charge is -2.33. The first kappa shape index (κ1) is 47.1. The highest BCUT2D eigenvalue weighted by molar-refractivity contribution is 6.32. The second-order valence-electron chi connectivity index (χ2n) is 12.4. The number of aliphatic hydroxyl groups excluding tert-OH is 1. The summed E-state index contributed by atoms with van der Waals surface area (Å²) in [5, 5.41) is 13.7. The van der Waals surface area contributed by atoms with Crippen LogP contribution in [-0.2, 0) is 11.2 Å². The Labute approximate surface area is 321 Å². The molecule has 296 valence electrons. The first-order valence-corrected chi connectivity index (χ1v) is 17.7. The molecule has 0 saturated carbocycles. The molecule has 2 amide bonds. The van der Waals surface area contributed by atoms with Crippen molar-refractivity contribution in [3.63, 3.8) is 0 Å². The smallest absolute Gasteiger partial charge is 0.408 e. The molecule has 0 fully saturated rings. The van der Waals surface area contributed by atoms with E-state index >= 15 is 0 Å². The summed E-state index contributed by atoms with van der Waals surface area (Å²) >= 11 is 6.22. The molecule has 0 aliphatic rings. The average Bonchev–Trinajstić information content (AvgIpc) is 3.16. The quantitative estimate of drug-likeness (QED) is 0.0655. The number of aliphatic hydroxyl groups is 1. The Hall–Kier alpha value is -4.95. The lowest BCUT2D eigenvalue weighted by Crippen LogP contribution is -2.45. The van der Waals surface area contributed by atoms with Gasteiger partial charge in [0, 0.05) is 51.0 Å². The lowest BCUT2D eigenvalue weighted by atomic mass is 9.92. The minimum Gasteiger partial charge on any atom is -0.492 e. The molecule has 0 heterocycles. The molecule has 0 spiro atoms. The molecular formula is C39H53ClF3N7O4. The van der Waals surface area contributed by atoms with Gasteiger partial charge < -0.3 is 31.1 Å². The Morgan fingerprint density at radius 2 is 1.65 bits per heavy atom. The number of anilines is 1. The van der Waals surface area contributed by atoms with Crippen molar-refractivity contribution in [2.75, 3.05) is 51.8 Å². The molecule has 3 aromatic rings. The maximum atomic E-state index is 13.4. The van der Waals surface area contributed by atoms with Crippen LogP contribution < -0.4 is 21.1 Å². The van der Waals surface area contributed by atoms with Crippen LogP contribution >= 0.6 is 11.6 Å². The monoisotopic (exact) mass is 775 g/mol. The molecular weight excluding hydrogens is 723 g/mol. The van der Waals surface area contributed by atoms with Crippen molar-refractivity contribution in [3.05, 3.63) is 95.0 Å². The molecule has 0 aromatic heterocycles. The van der Waals surface area contributed by atoms with Gasteiger partial charge in [-0.05, 0) is 80.3 Å². The van der Waals surface area contributed by atoms with E-state index in [1.807, 2.05) is 48.2 Å². The minimum absolute atomic E-state index is 0.0983. The fourth-order valence-corrected chi connectivity index (χ4v) is 4.99. The molecule has 0 aliphatic heterocycles. The van der Waals surface area contributed by atoms with E-state index in [4.69, 9.17) is 21.4 Å². The van der Waals surface area contributed by atoms with Gasteiger partial charge in [-0.15, -0.1) is 0 Å². The number of carbonyl (C=O) groups excluding carboxylic acids is 2. The van der Waals surface area contributed by atoms with Gasteiger partial charge in [-0.3, -0.25) is 19.6 Å². The summed E-state index contributed by atoms with van der Waals surface area (Å²) in [4.78, 5) is 39.1. The van der Waals surface area contributed by atoms with Gasteiger partial charge in [-0.2, -0.15) is 13.2 Å². The van der Waals surface area contributed by atoms with Crippen molar-refractivity contribution in [3.8, 4) is 5.75 Å². The summed E-state index contributed by atoms with van der Waals surface area (Å²) in [7, 11) is 1.00. The van der Waals surface area contributed by atoms with E-state index in [9.17, 15) is 22.8 Å². The highest BCUT2D eigenvalue weighted by atomic mass is 35.5. The van der Waals surface area contributed by atoms with Crippen LogP contribution in [0.4, 0.5) is 18.9 Å². The zero-order valence-electron chi connectivity index (χ0n) is 31.4. The fourth-order valence-electron chi connectivity index (χ4n) is 4.80. The summed E-state index contributed by atoms with van der Waals surface area (Å²) < 4.78 is 39.1. The summed E-state index contributed by atoms with van der Waals surface area (Å²) in [6, 6.07) is 24.7. The van der Waals surface area contributed by atoms with Gasteiger partial charge in [0.1, 0.15) is 12.3 Å². The SMILES string of the molecule is C=NC(=NCC)Nc1ccc(C(=O)NCC(C)(C)CN(CCCOc2ccccc2Cl)C(=O)CCCc2ccccc2)cc1.CO.NC=NCC(F)(F)F. The van der Waals surface area contributed by atoms with E-state index in [2.05, 4.69) is 64.0 Å². The second-order valence-corrected chi connectivity index (χ2v) is 12.8. The standard InChI is InChI=1S/C35H44ClN5O3.C3H5F3N2.CH4O/c1-5-38-34(37-4)40-29-21-19-28(20-22-29)33(43)39-25-35(2,3)26-41(23-12-24-44-31-17-10-9-16-30(31)36)32(42)18-11-15-27-13-7-6-8-14-27;4-3(5,6)1-8-2-7;1-2/h6-10,13-14,16-17,19-22H,4-5,11-12,15,18,23-26H2,1-3H3,(H,38,40)(H,39,43);2H,1H2,(H2,7,8);2H,1H3. The predicted octanol–water partition coefficient (Wildman–Crippen LogP) is 7.05.